The fraction of sp³-hybridized carbons (Fsp3) is 0.364. The average Bonchev–Trinajstić information content (AvgIpc) is 2.42. The summed E-state index contributed by atoms with van der Waals surface area (Å²) in [5.41, 5.74) is 10.4. The van der Waals surface area contributed by atoms with E-state index in [1.165, 1.54) is 44.8 Å². The van der Waals surface area contributed by atoms with E-state index < -0.39 is 0 Å². The van der Waals surface area contributed by atoms with Crippen LogP contribution in [0.2, 0.25) is 0 Å². The smallest absolute Gasteiger partial charge is 0.0463 e. The van der Waals surface area contributed by atoms with Gasteiger partial charge in [0.1, 0.15) is 0 Å². The Bertz CT molecular complexity index is 660. The maximum atomic E-state index is 2.24. The molecule has 0 radical (unpaired) electrons. The summed E-state index contributed by atoms with van der Waals surface area (Å²) in [6.07, 6.45) is 4.28. The highest BCUT2D eigenvalue weighted by molar-refractivity contribution is 5.64. The molecular formula is C22H30N2. The largest absolute Gasteiger partial charge is 0.349 e. The van der Waals surface area contributed by atoms with Crippen molar-refractivity contribution in [2.45, 2.75) is 41.5 Å². The summed E-state index contributed by atoms with van der Waals surface area (Å²) in [7, 11) is 4.23. The Morgan fingerprint density at radius 2 is 0.792 bits per heavy atom. The van der Waals surface area contributed by atoms with Crippen molar-refractivity contribution in [1.82, 2.24) is 0 Å². The van der Waals surface area contributed by atoms with Crippen LogP contribution in [-0.4, -0.2) is 14.1 Å². The van der Waals surface area contributed by atoms with Crippen LogP contribution in [0.3, 0.4) is 0 Å². The molecule has 0 atom stereocenters. The van der Waals surface area contributed by atoms with Crippen molar-refractivity contribution in [1.29, 1.82) is 0 Å². The molecule has 0 unspecified atom stereocenters. The second-order valence-corrected chi connectivity index (χ2v) is 7.01. The number of hydrogen-bond donors (Lipinski definition) is 0. The molecule has 0 saturated carbocycles. The van der Waals surface area contributed by atoms with E-state index in [-0.39, 0.29) is 0 Å². The lowest BCUT2D eigenvalue weighted by atomic mass is 10.0. The van der Waals surface area contributed by atoms with Crippen molar-refractivity contribution in [2.75, 3.05) is 23.9 Å². The summed E-state index contributed by atoms with van der Waals surface area (Å²) >= 11 is 0. The van der Waals surface area contributed by atoms with Gasteiger partial charge in [0.2, 0.25) is 0 Å². The molecule has 0 aliphatic heterocycles. The van der Waals surface area contributed by atoms with E-state index in [1.54, 1.807) is 0 Å². The van der Waals surface area contributed by atoms with Gasteiger partial charge in [-0.25, -0.2) is 0 Å². The van der Waals surface area contributed by atoms with E-state index in [1.807, 2.05) is 0 Å². The molecule has 2 rings (SSSR count). The van der Waals surface area contributed by atoms with Crippen LogP contribution in [0.1, 0.15) is 33.4 Å². The van der Waals surface area contributed by atoms with Gasteiger partial charge in [-0.1, -0.05) is 35.4 Å². The van der Waals surface area contributed by atoms with Gasteiger partial charge in [-0.2, -0.15) is 0 Å². The Morgan fingerprint density at radius 3 is 1.04 bits per heavy atom. The zero-order valence-corrected chi connectivity index (χ0v) is 16.4. The van der Waals surface area contributed by atoms with Crippen LogP contribution in [0.4, 0.5) is 11.4 Å². The first-order valence-electron chi connectivity index (χ1n) is 8.50. The minimum absolute atomic E-state index is 1.28. The molecule has 2 aromatic carbocycles. The van der Waals surface area contributed by atoms with Crippen LogP contribution in [-0.2, 0) is 0 Å². The number of nitrogens with zero attached hydrogens (tertiary/aromatic N) is 2. The molecule has 0 aliphatic carbocycles. The van der Waals surface area contributed by atoms with Crippen LogP contribution in [0.5, 0.6) is 0 Å². The van der Waals surface area contributed by atoms with E-state index in [0.717, 1.165) is 0 Å². The van der Waals surface area contributed by atoms with Gasteiger partial charge in [0, 0.05) is 37.9 Å². The zero-order valence-electron chi connectivity index (χ0n) is 16.4. The van der Waals surface area contributed by atoms with Crippen molar-refractivity contribution < 1.29 is 0 Å². The predicted octanol–water partition coefficient (Wildman–Crippen LogP) is 5.58. The molecule has 0 aromatic heterocycles. The lowest BCUT2D eigenvalue weighted by molar-refractivity contribution is 1.10. The number of anilines is 2. The molecule has 0 fully saturated rings. The predicted molar refractivity (Wildman–Crippen MR) is 107 cm³/mol. The number of benzene rings is 2. The minimum Gasteiger partial charge on any atom is -0.349 e. The molecule has 2 aromatic rings. The Labute approximate surface area is 147 Å². The van der Waals surface area contributed by atoms with Crippen LogP contribution in [0, 0.1) is 41.5 Å². The molecule has 24 heavy (non-hydrogen) atoms. The fourth-order valence-corrected chi connectivity index (χ4v) is 3.81. The molecule has 2 nitrogen and oxygen atoms in total. The highest BCUT2D eigenvalue weighted by Crippen LogP contribution is 2.27. The van der Waals surface area contributed by atoms with Gasteiger partial charge < -0.3 is 9.80 Å². The lowest BCUT2D eigenvalue weighted by Gasteiger charge is -2.24. The average molecular weight is 322 g/mol. The second-order valence-electron chi connectivity index (χ2n) is 7.01. The first-order chi connectivity index (χ1) is 11.2. The quantitative estimate of drug-likeness (QED) is 0.725. The van der Waals surface area contributed by atoms with Crippen LogP contribution in [0.25, 0.3) is 0 Å². The van der Waals surface area contributed by atoms with Gasteiger partial charge in [0.15, 0.2) is 0 Å². The van der Waals surface area contributed by atoms with Crippen molar-refractivity contribution >= 4 is 11.4 Å². The van der Waals surface area contributed by atoms with E-state index >= 15 is 0 Å². The Balaban J connectivity index is 2.28. The van der Waals surface area contributed by atoms with Crippen molar-refractivity contribution in [3.8, 4) is 0 Å². The number of aryl methyl sites for hydroxylation is 6. The Kier molecular flexibility index (Phi) is 5.38. The minimum atomic E-state index is 1.28. The van der Waals surface area contributed by atoms with Crippen LogP contribution >= 0.6 is 0 Å². The van der Waals surface area contributed by atoms with Gasteiger partial charge >= 0.3 is 0 Å². The highest BCUT2D eigenvalue weighted by atomic mass is 15.1. The maximum absolute atomic E-state index is 2.24. The molecule has 0 spiro atoms. The van der Waals surface area contributed by atoms with Crippen LogP contribution in [0.15, 0.2) is 36.7 Å². The summed E-state index contributed by atoms with van der Waals surface area (Å²) in [5.74, 6) is 0. The summed E-state index contributed by atoms with van der Waals surface area (Å²) in [5, 5.41) is 0. The lowest BCUT2D eigenvalue weighted by Crippen LogP contribution is -2.16. The second kappa shape index (κ2) is 7.12. The molecule has 0 saturated heterocycles. The van der Waals surface area contributed by atoms with Crippen LogP contribution < -0.4 is 9.80 Å². The zero-order chi connectivity index (χ0) is 18.0. The molecule has 0 N–H and O–H groups in total. The van der Waals surface area contributed by atoms with E-state index in [9.17, 15) is 0 Å². The van der Waals surface area contributed by atoms with Crippen molar-refractivity contribution in [3.63, 3.8) is 0 Å². The summed E-state index contributed by atoms with van der Waals surface area (Å²) in [6.45, 7) is 13.0. The van der Waals surface area contributed by atoms with E-state index in [2.05, 4.69) is 102 Å². The maximum Gasteiger partial charge on any atom is 0.0463 e. The number of hydrogen-bond acceptors (Lipinski definition) is 2. The van der Waals surface area contributed by atoms with Gasteiger partial charge in [-0.15, -0.1) is 0 Å². The first kappa shape index (κ1) is 18.1. The van der Waals surface area contributed by atoms with Gasteiger partial charge in [0.25, 0.3) is 0 Å². The molecule has 0 bridgehead atoms. The normalized spacial score (nSPS) is 11.2. The highest BCUT2D eigenvalue weighted by Gasteiger charge is 2.09. The molecule has 0 amide bonds. The SMILES string of the molecule is Cc1cc(C)c(N(C)/C=C\N(C)c2c(C)cc(C)cc2C)c(C)c1. The Hall–Kier alpha value is -2.22. The summed E-state index contributed by atoms with van der Waals surface area (Å²) < 4.78 is 0. The molecular weight excluding hydrogens is 292 g/mol. The van der Waals surface area contributed by atoms with E-state index in [0.29, 0.717) is 0 Å². The van der Waals surface area contributed by atoms with Gasteiger partial charge in [-0.3, -0.25) is 0 Å². The van der Waals surface area contributed by atoms with Crippen molar-refractivity contribution in [3.05, 3.63) is 70.0 Å². The first-order valence-corrected chi connectivity index (χ1v) is 8.50. The third-order valence-electron chi connectivity index (χ3n) is 4.49. The van der Waals surface area contributed by atoms with Crippen molar-refractivity contribution in [2.24, 2.45) is 0 Å². The monoisotopic (exact) mass is 322 g/mol. The molecule has 0 aliphatic rings. The molecule has 0 heterocycles. The van der Waals surface area contributed by atoms with E-state index in [4.69, 9.17) is 0 Å². The molecule has 2 heteroatoms. The summed E-state index contributed by atoms with van der Waals surface area (Å²) in [6, 6.07) is 8.96. The third-order valence-corrected chi connectivity index (χ3v) is 4.49. The molecule has 128 valence electrons. The summed E-state index contributed by atoms with van der Waals surface area (Å²) in [4.78, 5) is 4.42. The topological polar surface area (TPSA) is 6.48 Å². The number of rotatable bonds is 4. The fourth-order valence-electron chi connectivity index (χ4n) is 3.81. The standard InChI is InChI=1S/C22H30N2/c1-15-11-17(3)21(18(4)12-15)23(7)9-10-24(8)22-19(5)13-16(2)14-20(22)6/h9-14H,1-8H3/b10-9-. The van der Waals surface area contributed by atoms with Gasteiger partial charge in [0.05, 0.1) is 0 Å². The Morgan fingerprint density at radius 1 is 0.542 bits per heavy atom. The van der Waals surface area contributed by atoms with Gasteiger partial charge in [-0.05, 0) is 63.8 Å². The third kappa shape index (κ3) is 3.81.